The van der Waals surface area contributed by atoms with Crippen molar-refractivity contribution in [2.45, 2.75) is 13.3 Å². The molecule has 3 aromatic carbocycles. The zero-order valence-electron chi connectivity index (χ0n) is 15.6. The zero-order valence-corrected chi connectivity index (χ0v) is 16.4. The van der Waals surface area contributed by atoms with Crippen LogP contribution in [0.2, 0.25) is 5.02 Å². The molecule has 1 heterocycles. The van der Waals surface area contributed by atoms with Gasteiger partial charge in [-0.2, -0.15) is 5.26 Å². The van der Waals surface area contributed by atoms with E-state index in [1.165, 1.54) is 0 Å². The van der Waals surface area contributed by atoms with Crippen molar-refractivity contribution in [1.82, 2.24) is 0 Å². The number of hydrogen-bond donors (Lipinski definition) is 0. The van der Waals surface area contributed by atoms with Crippen LogP contribution in [-0.4, -0.2) is 5.97 Å². The third-order valence-corrected chi connectivity index (χ3v) is 5.11. The highest BCUT2D eigenvalue weighted by Gasteiger charge is 2.14. The Morgan fingerprint density at radius 1 is 1.07 bits per heavy atom. The Hall–Kier alpha value is -3.55. The first-order valence-corrected chi connectivity index (χ1v) is 9.39. The molecule has 0 fully saturated rings. The summed E-state index contributed by atoms with van der Waals surface area (Å²) in [5.74, 6) is 0.0876. The molecular weight excluding hydrogens is 386 g/mol. The van der Waals surface area contributed by atoms with E-state index in [-0.39, 0.29) is 12.4 Å². The van der Waals surface area contributed by atoms with Gasteiger partial charge in [0.25, 0.3) is 0 Å². The molecule has 0 N–H and O–H groups in total. The van der Waals surface area contributed by atoms with Gasteiger partial charge in [0.05, 0.1) is 24.3 Å². The number of ether oxygens (including phenoxy) is 1. The van der Waals surface area contributed by atoms with Gasteiger partial charge in [-0.3, -0.25) is 4.79 Å². The number of rotatable bonds is 4. The summed E-state index contributed by atoms with van der Waals surface area (Å²) in [6, 6.07) is 20.3. The first kappa shape index (κ1) is 18.8. The highest BCUT2D eigenvalue weighted by atomic mass is 35.5. The topological polar surface area (TPSA) is 63.2 Å². The molecule has 0 spiro atoms. The molecule has 0 saturated heterocycles. The predicted molar refractivity (Wildman–Crippen MR) is 112 cm³/mol. The van der Waals surface area contributed by atoms with Gasteiger partial charge in [-0.15, -0.1) is 0 Å². The van der Waals surface area contributed by atoms with Crippen molar-refractivity contribution in [3.63, 3.8) is 0 Å². The fourth-order valence-electron chi connectivity index (χ4n) is 3.11. The number of carbonyl (C=O) groups is 1. The van der Waals surface area contributed by atoms with Crippen molar-refractivity contribution in [2.75, 3.05) is 0 Å². The smallest absolute Gasteiger partial charge is 0.315 e. The van der Waals surface area contributed by atoms with Gasteiger partial charge in [0, 0.05) is 16.0 Å². The predicted octanol–water partition coefficient (Wildman–Crippen LogP) is 6.08. The number of aryl methyl sites for hydroxylation is 1. The highest BCUT2D eigenvalue weighted by Crippen LogP contribution is 2.28. The number of hydrogen-bond acceptors (Lipinski definition) is 4. The number of esters is 1. The molecule has 0 bridgehead atoms. The Balaban J connectivity index is 1.46. The van der Waals surface area contributed by atoms with Gasteiger partial charge in [0.1, 0.15) is 11.3 Å². The number of carbonyl (C=O) groups excluding carboxylic acids is 1. The second-order valence-electron chi connectivity index (χ2n) is 6.72. The molecule has 0 amide bonds. The Kier molecular flexibility index (Phi) is 5.07. The van der Waals surface area contributed by atoms with Gasteiger partial charge in [-0.1, -0.05) is 35.9 Å². The number of nitrogens with zero attached hydrogens (tertiary/aromatic N) is 1. The summed E-state index contributed by atoms with van der Waals surface area (Å²) in [6.45, 7) is 1.90. The summed E-state index contributed by atoms with van der Waals surface area (Å²) in [5, 5.41) is 10.3. The first-order valence-electron chi connectivity index (χ1n) is 9.01. The number of halogens is 1. The van der Waals surface area contributed by atoms with E-state index in [9.17, 15) is 4.79 Å². The molecule has 0 atom stereocenters. The minimum absolute atomic E-state index is 0.0871. The van der Waals surface area contributed by atoms with Gasteiger partial charge >= 0.3 is 5.97 Å². The second kappa shape index (κ2) is 7.83. The van der Waals surface area contributed by atoms with E-state index in [1.54, 1.807) is 30.5 Å². The van der Waals surface area contributed by atoms with Crippen LogP contribution in [0, 0.1) is 18.3 Å². The zero-order chi connectivity index (χ0) is 20.4. The third-order valence-electron chi connectivity index (χ3n) is 4.70. The summed E-state index contributed by atoms with van der Waals surface area (Å²) in [6.07, 6.45) is 1.65. The Labute approximate surface area is 172 Å². The van der Waals surface area contributed by atoms with Crippen LogP contribution in [0.4, 0.5) is 0 Å². The molecule has 0 radical (unpaired) electrons. The van der Waals surface area contributed by atoms with Gasteiger partial charge in [-0.25, -0.2) is 0 Å². The van der Waals surface area contributed by atoms with Crippen LogP contribution in [0.1, 0.15) is 16.7 Å². The number of nitriles is 1. The van der Waals surface area contributed by atoms with Crippen LogP contribution < -0.4 is 4.74 Å². The van der Waals surface area contributed by atoms with Gasteiger partial charge < -0.3 is 9.15 Å². The standard InChI is InChI=1S/C24H16ClNO3/c1-15-10-23-21(12-22(15)25)19(14-28-23)11-24(27)29-20-8-6-18(7-9-20)17-4-2-16(13-26)3-5-17/h2-10,12,14H,11H2,1H3. The van der Waals surface area contributed by atoms with Crippen LogP contribution in [0.3, 0.4) is 0 Å². The van der Waals surface area contributed by atoms with E-state index in [0.29, 0.717) is 21.9 Å². The molecule has 29 heavy (non-hydrogen) atoms. The van der Waals surface area contributed by atoms with Crippen molar-refractivity contribution in [1.29, 1.82) is 5.26 Å². The van der Waals surface area contributed by atoms with Crippen LogP contribution in [-0.2, 0) is 11.2 Å². The maximum absolute atomic E-state index is 12.4. The van der Waals surface area contributed by atoms with Crippen molar-refractivity contribution >= 4 is 28.5 Å². The third kappa shape index (κ3) is 4.01. The van der Waals surface area contributed by atoms with E-state index in [4.69, 9.17) is 26.0 Å². The molecule has 0 aliphatic heterocycles. The second-order valence-corrected chi connectivity index (χ2v) is 7.13. The van der Waals surface area contributed by atoms with Crippen LogP contribution in [0.25, 0.3) is 22.1 Å². The van der Waals surface area contributed by atoms with Crippen LogP contribution in [0.15, 0.2) is 71.3 Å². The minimum atomic E-state index is -0.379. The Bertz CT molecular complexity index is 1230. The summed E-state index contributed by atoms with van der Waals surface area (Å²) in [5.41, 5.74) is 4.93. The van der Waals surface area contributed by atoms with Gasteiger partial charge in [0.2, 0.25) is 0 Å². The van der Waals surface area contributed by atoms with E-state index in [2.05, 4.69) is 6.07 Å². The molecule has 4 rings (SSSR count). The summed E-state index contributed by atoms with van der Waals surface area (Å²) < 4.78 is 11.0. The lowest BCUT2D eigenvalue weighted by molar-refractivity contribution is -0.133. The molecule has 0 aliphatic carbocycles. The molecule has 5 heteroatoms. The Morgan fingerprint density at radius 2 is 1.72 bits per heavy atom. The summed E-state index contributed by atoms with van der Waals surface area (Å²) in [7, 11) is 0. The highest BCUT2D eigenvalue weighted by molar-refractivity contribution is 6.32. The normalized spacial score (nSPS) is 10.7. The molecule has 142 valence electrons. The fourth-order valence-corrected chi connectivity index (χ4v) is 3.28. The van der Waals surface area contributed by atoms with Crippen molar-refractivity contribution in [2.24, 2.45) is 0 Å². The molecule has 1 aromatic heterocycles. The lowest BCUT2D eigenvalue weighted by atomic mass is 10.0. The average molecular weight is 402 g/mol. The lowest BCUT2D eigenvalue weighted by Gasteiger charge is -2.06. The van der Waals surface area contributed by atoms with Crippen LogP contribution >= 0.6 is 11.6 Å². The van der Waals surface area contributed by atoms with E-state index < -0.39 is 0 Å². The number of fused-ring (bicyclic) bond motifs is 1. The van der Waals surface area contributed by atoms with Crippen molar-refractivity contribution in [3.8, 4) is 22.9 Å². The monoisotopic (exact) mass is 401 g/mol. The van der Waals surface area contributed by atoms with Crippen molar-refractivity contribution < 1.29 is 13.9 Å². The SMILES string of the molecule is Cc1cc2occ(CC(=O)Oc3ccc(-c4ccc(C#N)cc4)cc3)c2cc1Cl. The van der Waals surface area contributed by atoms with Gasteiger partial charge in [-0.05, 0) is 60.0 Å². The minimum Gasteiger partial charge on any atom is -0.464 e. The average Bonchev–Trinajstić information content (AvgIpc) is 3.10. The summed E-state index contributed by atoms with van der Waals surface area (Å²) >= 11 is 6.19. The molecule has 4 nitrogen and oxygen atoms in total. The molecule has 0 unspecified atom stereocenters. The largest absolute Gasteiger partial charge is 0.464 e. The molecule has 0 aliphatic rings. The van der Waals surface area contributed by atoms with Gasteiger partial charge in [0.15, 0.2) is 0 Å². The Morgan fingerprint density at radius 3 is 2.38 bits per heavy atom. The number of benzene rings is 3. The molecular formula is C24H16ClNO3. The van der Waals surface area contributed by atoms with E-state index >= 15 is 0 Å². The first-order chi connectivity index (χ1) is 14.0. The summed E-state index contributed by atoms with van der Waals surface area (Å²) in [4.78, 5) is 12.4. The maximum Gasteiger partial charge on any atom is 0.315 e. The quantitative estimate of drug-likeness (QED) is 0.307. The van der Waals surface area contributed by atoms with Crippen LogP contribution in [0.5, 0.6) is 5.75 Å². The lowest BCUT2D eigenvalue weighted by Crippen LogP contribution is -2.10. The van der Waals surface area contributed by atoms with E-state index in [0.717, 1.165) is 27.6 Å². The number of furan rings is 1. The maximum atomic E-state index is 12.4. The molecule has 4 aromatic rings. The molecule has 0 saturated carbocycles. The van der Waals surface area contributed by atoms with E-state index in [1.807, 2.05) is 43.3 Å². The van der Waals surface area contributed by atoms with Crippen molar-refractivity contribution in [3.05, 3.63) is 88.6 Å². The fraction of sp³-hybridized carbons (Fsp3) is 0.0833.